The van der Waals surface area contributed by atoms with E-state index in [0.717, 1.165) is 89.4 Å². The molecule has 2 N–H and O–H groups in total. The number of aromatic nitrogens is 4. The highest BCUT2D eigenvalue weighted by Gasteiger charge is 2.21. The molecule has 8 bridgehead atoms. The fourth-order valence-corrected chi connectivity index (χ4v) is 8.83. The number of ether oxygens (including phenoxy) is 6. The SMILES string of the molecule is Cc1ccc(-c2c3nc(c(-c4ccc(C)cc4)c4ccc([nH]4)c(-c4ccccc4OCC4COCCOCCOCCOCCO4)c4nc(c(-c5ccc(C)cc5)c5ccc2[nH]5)C=C4)C=C3)cc1. The zero-order chi connectivity index (χ0) is 46.2. The molecule has 10 rings (SSSR count). The van der Waals surface area contributed by atoms with E-state index < -0.39 is 0 Å². The van der Waals surface area contributed by atoms with E-state index in [9.17, 15) is 0 Å². The van der Waals surface area contributed by atoms with Gasteiger partial charge in [0.05, 0.1) is 82.2 Å². The summed E-state index contributed by atoms with van der Waals surface area (Å²) in [4.78, 5) is 18.7. The predicted octanol–water partition coefficient (Wildman–Crippen LogP) is 12.1. The lowest BCUT2D eigenvalue weighted by molar-refractivity contribution is -0.0605. The quantitative estimate of drug-likeness (QED) is 0.163. The summed E-state index contributed by atoms with van der Waals surface area (Å²) in [7, 11) is 0. The normalized spacial score (nSPS) is 16.0. The van der Waals surface area contributed by atoms with Gasteiger partial charge in [-0.15, -0.1) is 0 Å². The van der Waals surface area contributed by atoms with Crippen molar-refractivity contribution in [2.24, 2.45) is 0 Å². The number of hydrogen-bond acceptors (Lipinski definition) is 8. The number of nitrogens with zero attached hydrogens (tertiary/aromatic N) is 2. The van der Waals surface area contributed by atoms with Crippen LogP contribution in [0.3, 0.4) is 0 Å². The third kappa shape index (κ3) is 10.2. The minimum atomic E-state index is -0.356. The molecule has 0 spiro atoms. The van der Waals surface area contributed by atoms with E-state index in [4.69, 9.17) is 38.4 Å². The van der Waals surface area contributed by atoms with Crippen LogP contribution in [0.1, 0.15) is 39.5 Å². The van der Waals surface area contributed by atoms with E-state index in [1.54, 1.807) is 0 Å². The smallest absolute Gasteiger partial charge is 0.127 e. The van der Waals surface area contributed by atoms with Crippen LogP contribution in [0, 0.1) is 20.8 Å². The minimum Gasteiger partial charge on any atom is -0.490 e. The Balaban J connectivity index is 1.18. The van der Waals surface area contributed by atoms with Gasteiger partial charge in [0.25, 0.3) is 0 Å². The summed E-state index contributed by atoms with van der Waals surface area (Å²) >= 11 is 0. The van der Waals surface area contributed by atoms with Crippen LogP contribution in [0.15, 0.2) is 121 Å². The first-order chi connectivity index (χ1) is 33.4. The number of hydrogen-bond donors (Lipinski definition) is 2. The molecule has 1 unspecified atom stereocenters. The Hall–Kier alpha value is -6.92. The van der Waals surface area contributed by atoms with E-state index >= 15 is 0 Å². The summed E-state index contributed by atoms with van der Waals surface area (Å²) < 4.78 is 36.1. The number of rotatable bonds is 7. The van der Waals surface area contributed by atoms with E-state index in [2.05, 4.69) is 158 Å². The first-order valence-electron chi connectivity index (χ1n) is 23.5. The Morgan fingerprint density at radius 3 is 1.28 bits per heavy atom. The van der Waals surface area contributed by atoms with Crippen LogP contribution in [0.4, 0.5) is 0 Å². The van der Waals surface area contributed by atoms with Crippen molar-refractivity contribution in [2.45, 2.75) is 26.9 Å². The molecule has 4 aromatic carbocycles. The van der Waals surface area contributed by atoms with Crippen LogP contribution < -0.4 is 4.74 Å². The molecule has 7 aromatic rings. The minimum absolute atomic E-state index is 0.252. The number of aryl methyl sites for hydroxylation is 3. The zero-order valence-electron chi connectivity index (χ0n) is 38.8. The summed E-state index contributed by atoms with van der Waals surface area (Å²) in [5, 5.41) is 0. The van der Waals surface area contributed by atoms with Gasteiger partial charge in [0, 0.05) is 49.9 Å². The first kappa shape index (κ1) is 44.9. The van der Waals surface area contributed by atoms with Gasteiger partial charge in [0.2, 0.25) is 0 Å². The molecule has 0 amide bonds. The van der Waals surface area contributed by atoms with Crippen molar-refractivity contribution < 1.29 is 28.4 Å². The maximum Gasteiger partial charge on any atom is 0.127 e. The molecule has 10 nitrogen and oxygen atoms in total. The van der Waals surface area contributed by atoms with E-state index in [1.165, 1.54) is 16.7 Å². The Labute approximate surface area is 397 Å². The van der Waals surface area contributed by atoms with Gasteiger partial charge in [-0.25, -0.2) is 9.97 Å². The Bertz CT molecular complexity index is 3050. The second-order valence-corrected chi connectivity index (χ2v) is 17.3. The van der Waals surface area contributed by atoms with Crippen molar-refractivity contribution >= 4 is 46.4 Å². The topological polar surface area (TPSA) is 113 Å². The molecule has 3 aromatic heterocycles. The number of H-pyrrole nitrogens is 2. The number of benzene rings is 4. The number of fused-ring (bicyclic) bond motifs is 8. The van der Waals surface area contributed by atoms with Crippen molar-refractivity contribution in [1.29, 1.82) is 0 Å². The standard InChI is InChI=1S/C58H56N4O6/c1-38-8-14-41(15-9-38)55-46-20-22-48(59-46)56(42-16-10-39(2)11-17-42)50-24-26-52(61-50)58(53-27-25-51(62-53)57(49-23-21-47(55)60-49)43-18-12-40(3)13-19-43)45-6-4-5-7-54(45)68-37-44-36-66-33-32-64-29-28-63-30-31-65-34-35-67-44/h4-27,44,59,62H,28-37H2,1-3H3. The predicted molar refractivity (Wildman–Crippen MR) is 273 cm³/mol. The highest BCUT2D eigenvalue weighted by Crippen LogP contribution is 2.40. The van der Waals surface area contributed by atoms with Crippen LogP contribution in [-0.4, -0.2) is 92.1 Å². The van der Waals surface area contributed by atoms with Crippen molar-refractivity contribution in [1.82, 2.24) is 19.9 Å². The van der Waals surface area contributed by atoms with Crippen molar-refractivity contribution in [2.75, 3.05) is 66.1 Å². The molecule has 0 radical (unpaired) electrons. The molecule has 0 aliphatic carbocycles. The van der Waals surface area contributed by atoms with Gasteiger partial charge in [-0.05, 0) is 92.1 Å². The third-order valence-corrected chi connectivity index (χ3v) is 12.4. The van der Waals surface area contributed by atoms with Gasteiger partial charge in [-0.3, -0.25) is 0 Å². The number of para-hydroxylation sites is 1. The van der Waals surface area contributed by atoms with E-state index in [-0.39, 0.29) is 12.7 Å². The molecule has 3 aliphatic rings. The van der Waals surface area contributed by atoms with Crippen molar-refractivity contribution in [3.05, 3.63) is 161 Å². The lowest BCUT2D eigenvalue weighted by Crippen LogP contribution is -2.29. The van der Waals surface area contributed by atoms with Gasteiger partial charge < -0.3 is 38.4 Å². The average molecular weight is 905 g/mol. The third-order valence-electron chi connectivity index (χ3n) is 12.4. The second kappa shape index (κ2) is 20.9. The maximum atomic E-state index is 6.76. The molecule has 68 heavy (non-hydrogen) atoms. The van der Waals surface area contributed by atoms with Crippen LogP contribution in [0.25, 0.3) is 90.9 Å². The van der Waals surface area contributed by atoms with Crippen LogP contribution >= 0.6 is 0 Å². The maximum absolute atomic E-state index is 6.76. The van der Waals surface area contributed by atoms with Crippen molar-refractivity contribution in [3.8, 4) is 50.3 Å². The van der Waals surface area contributed by atoms with Gasteiger partial charge in [0.15, 0.2) is 0 Å². The molecular formula is C58H56N4O6. The Morgan fingerprint density at radius 2 is 0.824 bits per heavy atom. The lowest BCUT2D eigenvalue weighted by Gasteiger charge is -2.20. The molecule has 344 valence electrons. The summed E-state index contributed by atoms with van der Waals surface area (Å²) in [6, 6.07) is 42.7. The molecule has 1 saturated heterocycles. The molecule has 6 heterocycles. The molecule has 3 aliphatic heterocycles. The number of aromatic amines is 2. The summed E-state index contributed by atoms with van der Waals surface area (Å²) in [5.41, 5.74) is 18.6. The van der Waals surface area contributed by atoms with Crippen molar-refractivity contribution in [3.63, 3.8) is 0 Å². The number of nitrogens with one attached hydrogen (secondary N) is 2. The van der Waals surface area contributed by atoms with Crippen LogP contribution in [0.5, 0.6) is 5.75 Å². The monoisotopic (exact) mass is 904 g/mol. The zero-order valence-corrected chi connectivity index (χ0v) is 38.8. The molecular weight excluding hydrogens is 849 g/mol. The highest BCUT2D eigenvalue weighted by molar-refractivity contribution is 6.00. The molecule has 0 saturated carbocycles. The lowest BCUT2D eigenvalue weighted by atomic mass is 10.0. The van der Waals surface area contributed by atoms with E-state index in [0.29, 0.717) is 65.2 Å². The summed E-state index contributed by atoms with van der Waals surface area (Å²) in [5.74, 6) is 0.690. The molecule has 10 heteroatoms. The van der Waals surface area contributed by atoms with Crippen LogP contribution in [-0.2, 0) is 23.7 Å². The Kier molecular flexibility index (Phi) is 13.8. The van der Waals surface area contributed by atoms with Gasteiger partial charge >= 0.3 is 0 Å². The molecule has 1 fully saturated rings. The summed E-state index contributed by atoms with van der Waals surface area (Å²) in [6.45, 7) is 10.7. The fraction of sp³-hybridized carbons (Fsp3) is 0.241. The largest absolute Gasteiger partial charge is 0.490 e. The van der Waals surface area contributed by atoms with Crippen LogP contribution in [0.2, 0.25) is 0 Å². The Morgan fingerprint density at radius 1 is 0.441 bits per heavy atom. The van der Waals surface area contributed by atoms with Gasteiger partial charge in [-0.2, -0.15) is 0 Å². The highest BCUT2D eigenvalue weighted by atomic mass is 16.6. The summed E-state index contributed by atoms with van der Waals surface area (Å²) in [6.07, 6.45) is 8.15. The van der Waals surface area contributed by atoms with E-state index in [1.807, 2.05) is 18.2 Å². The molecule has 1 atom stereocenters. The van der Waals surface area contributed by atoms with Gasteiger partial charge in [-0.1, -0.05) is 108 Å². The fourth-order valence-electron chi connectivity index (χ4n) is 8.83. The van der Waals surface area contributed by atoms with Gasteiger partial charge in [0.1, 0.15) is 18.5 Å². The average Bonchev–Trinajstić information content (AvgIpc) is 4.21. The second-order valence-electron chi connectivity index (χ2n) is 17.3. The first-order valence-corrected chi connectivity index (χ1v) is 23.5.